The van der Waals surface area contributed by atoms with Gasteiger partial charge in [-0.15, -0.1) is 0 Å². The molecular formula is C19H17Br2N3O3. The van der Waals surface area contributed by atoms with Crippen molar-refractivity contribution >= 4 is 55.8 Å². The number of barbiturate groups is 1. The van der Waals surface area contributed by atoms with Crippen molar-refractivity contribution in [2.75, 3.05) is 14.1 Å². The first kappa shape index (κ1) is 19.6. The average molecular weight is 495 g/mol. The van der Waals surface area contributed by atoms with E-state index in [4.69, 9.17) is 0 Å². The van der Waals surface area contributed by atoms with E-state index in [1.165, 1.54) is 14.1 Å². The highest BCUT2D eigenvalue weighted by atomic mass is 79.9. The Labute approximate surface area is 173 Å². The van der Waals surface area contributed by atoms with E-state index in [1.54, 1.807) is 6.08 Å². The van der Waals surface area contributed by atoms with Crippen LogP contribution < -0.4 is 0 Å². The lowest BCUT2D eigenvalue weighted by Crippen LogP contribution is -2.52. The summed E-state index contributed by atoms with van der Waals surface area (Å²) >= 11 is 7.01. The zero-order valence-corrected chi connectivity index (χ0v) is 18.4. The van der Waals surface area contributed by atoms with Crippen molar-refractivity contribution in [2.45, 2.75) is 13.8 Å². The average Bonchev–Trinajstić information content (AvgIpc) is 2.86. The largest absolute Gasteiger partial charge is 0.333 e. The van der Waals surface area contributed by atoms with E-state index in [0.717, 1.165) is 41.4 Å². The molecule has 0 aliphatic carbocycles. The summed E-state index contributed by atoms with van der Waals surface area (Å²) in [5.74, 6) is -1.22. The normalized spacial score (nSPS) is 15.0. The van der Waals surface area contributed by atoms with Gasteiger partial charge in [0.1, 0.15) is 5.57 Å². The molecule has 0 N–H and O–H groups in total. The molecule has 1 aliphatic heterocycles. The van der Waals surface area contributed by atoms with Gasteiger partial charge < -0.3 is 4.57 Å². The van der Waals surface area contributed by atoms with Gasteiger partial charge in [-0.3, -0.25) is 19.4 Å². The molecule has 2 heterocycles. The Morgan fingerprint density at radius 3 is 1.89 bits per heavy atom. The molecule has 1 aliphatic rings. The molecule has 2 aromatic rings. The van der Waals surface area contributed by atoms with Gasteiger partial charge >= 0.3 is 6.03 Å². The van der Waals surface area contributed by atoms with Crippen molar-refractivity contribution in [1.29, 1.82) is 0 Å². The number of carbonyl (C=O) groups is 3. The monoisotopic (exact) mass is 493 g/mol. The van der Waals surface area contributed by atoms with E-state index in [-0.39, 0.29) is 5.57 Å². The fourth-order valence-electron chi connectivity index (χ4n) is 3.09. The van der Waals surface area contributed by atoms with Gasteiger partial charge in [0, 0.05) is 45.7 Å². The minimum absolute atomic E-state index is 0.0450. The lowest BCUT2D eigenvalue weighted by atomic mass is 10.1. The van der Waals surface area contributed by atoms with Crippen LogP contribution in [0, 0.1) is 13.8 Å². The summed E-state index contributed by atoms with van der Waals surface area (Å²) in [6.45, 7) is 3.87. The first-order valence-electron chi connectivity index (χ1n) is 8.10. The van der Waals surface area contributed by atoms with Gasteiger partial charge in [-0.05, 0) is 60.1 Å². The Balaban J connectivity index is 2.16. The van der Waals surface area contributed by atoms with Gasteiger partial charge in [-0.2, -0.15) is 0 Å². The number of benzene rings is 1. The molecule has 0 unspecified atom stereocenters. The number of hydrogen-bond donors (Lipinski definition) is 0. The first-order chi connectivity index (χ1) is 12.6. The highest BCUT2D eigenvalue weighted by molar-refractivity contribution is 9.10. The molecule has 0 spiro atoms. The van der Waals surface area contributed by atoms with Gasteiger partial charge in [0.05, 0.1) is 0 Å². The van der Waals surface area contributed by atoms with Crippen LogP contribution >= 0.6 is 31.9 Å². The van der Waals surface area contributed by atoms with E-state index in [1.807, 2.05) is 42.7 Å². The summed E-state index contributed by atoms with van der Waals surface area (Å²) in [7, 11) is 2.73. The maximum absolute atomic E-state index is 12.5. The highest BCUT2D eigenvalue weighted by Gasteiger charge is 2.38. The molecule has 0 radical (unpaired) electrons. The quantitative estimate of drug-likeness (QED) is 0.467. The van der Waals surface area contributed by atoms with Gasteiger partial charge in [0.25, 0.3) is 11.8 Å². The molecule has 1 saturated heterocycles. The third-order valence-electron chi connectivity index (χ3n) is 4.63. The van der Waals surface area contributed by atoms with E-state index >= 15 is 0 Å². The van der Waals surface area contributed by atoms with Crippen molar-refractivity contribution in [3.63, 3.8) is 0 Å². The molecule has 0 atom stereocenters. The van der Waals surface area contributed by atoms with Crippen molar-refractivity contribution in [2.24, 2.45) is 0 Å². The maximum Gasteiger partial charge on any atom is 0.333 e. The smallest absolute Gasteiger partial charge is 0.317 e. The summed E-state index contributed by atoms with van der Waals surface area (Å²) in [6.07, 6.45) is 1.55. The number of urea groups is 1. The third-order valence-corrected chi connectivity index (χ3v) is 6.16. The van der Waals surface area contributed by atoms with Crippen molar-refractivity contribution < 1.29 is 14.4 Å². The summed E-state index contributed by atoms with van der Waals surface area (Å²) in [4.78, 5) is 38.8. The van der Waals surface area contributed by atoms with Crippen molar-refractivity contribution in [3.05, 3.63) is 55.7 Å². The minimum Gasteiger partial charge on any atom is -0.317 e. The molecule has 6 nitrogen and oxygen atoms in total. The Morgan fingerprint density at radius 2 is 1.37 bits per heavy atom. The van der Waals surface area contributed by atoms with Gasteiger partial charge in [-0.1, -0.05) is 15.9 Å². The summed E-state index contributed by atoms with van der Waals surface area (Å²) in [5, 5.41) is 0. The number of imide groups is 2. The van der Waals surface area contributed by atoms with Crippen LogP contribution in [0.25, 0.3) is 11.8 Å². The third kappa shape index (κ3) is 3.17. The number of amides is 4. The predicted molar refractivity (Wildman–Crippen MR) is 110 cm³/mol. The molecule has 1 aromatic heterocycles. The summed E-state index contributed by atoms with van der Waals surface area (Å²) in [5.41, 5.74) is 3.45. The van der Waals surface area contributed by atoms with Crippen molar-refractivity contribution in [1.82, 2.24) is 14.4 Å². The number of likely N-dealkylation sites (N-methyl/N-ethyl adjacent to an activating group) is 2. The summed E-state index contributed by atoms with van der Waals surface area (Å²) < 4.78 is 3.81. The number of nitrogens with zero attached hydrogens (tertiary/aromatic N) is 3. The van der Waals surface area contributed by atoms with Crippen LogP contribution in [0.2, 0.25) is 0 Å². The van der Waals surface area contributed by atoms with Crippen LogP contribution in [0.1, 0.15) is 17.0 Å². The van der Waals surface area contributed by atoms with E-state index < -0.39 is 17.8 Å². The van der Waals surface area contributed by atoms with Crippen LogP contribution in [0.4, 0.5) is 4.79 Å². The van der Waals surface area contributed by atoms with E-state index in [0.29, 0.717) is 0 Å². The molecule has 3 rings (SSSR count). The zero-order chi connectivity index (χ0) is 20.0. The number of hydrogen-bond acceptors (Lipinski definition) is 3. The molecule has 0 saturated carbocycles. The molecule has 1 fully saturated rings. The Bertz CT molecular complexity index is 980. The molecule has 1 aromatic carbocycles. The first-order valence-corrected chi connectivity index (χ1v) is 9.68. The number of carbonyl (C=O) groups excluding carboxylic acids is 3. The molecule has 8 heteroatoms. The van der Waals surface area contributed by atoms with E-state index in [2.05, 4.69) is 31.9 Å². The molecule has 0 bridgehead atoms. The van der Waals surface area contributed by atoms with Crippen LogP contribution in [0.3, 0.4) is 0 Å². The lowest BCUT2D eigenvalue weighted by Gasteiger charge is -2.28. The molecule has 4 amide bonds. The number of rotatable bonds is 2. The van der Waals surface area contributed by atoms with Crippen molar-refractivity contribution in [3.8, 4) is 5.69 Å². The molecule has 140 valence electrons. The number of halogens is 2. The SMILES string of the molecule is Cc1c(Br)c(C=C2C(=O)N(C)C(=O)N(C)C2=O)c(C)n1-c1ccc(Br)cc1. The van der Waals surface area contributed by atoms with Crippen LogP contribution in [-0.2, 0) is 9.59 Å². The Morgan fingerprint density at radius 1 is 0.852 bits per heavy atom. The fourth-order valence-corrected chi connectivity index (χ4v) is 3.93. The van der Waals surface area contributed by atoms with Crippen LogP contribution in [-0.4, -0.2) is 46.3 Å². The Hall–Kier alpha value is -2.19. The van der Waals surface area contributed by atoms with Gasteiger partial charge in [0.2, 0.25) is 0 Å². The highest BCUT2D eigenvalue weighted by Crippen LogP contribution is 2.33. The fraction of sp³-hybridized carbons (Fsp3) is 0.211. The zero-order valence-electron chi connectivity index (χ0n) is 15.2. The van der Waals surface area contributed by atoms with Crippen LogP contribution in [0.15, 0.2) is 38.8 Å². The maximum atomic E-state index is 12.5. The topological polar surface area (TPSA) is 62.6 Å². The molecule has 27 heavy (non-hydrogen) atoms. The Kier molecular flexibility index (Phi) is 5.14. The van der Waals surface area contributed by atoms with E-state index in [9.17, 15) is 14.4 Å². The van der Waals surface area contributed by atoms with Gasteiger partial charge in [-0.25, -0.2) is 4.79 Å². The van der Waals surface area contributed by atoms with Gasteiger partial charge in [0.15, 0.2) is 0 Å². The number of aromatic nitrogens is 1. The second kappa shape index (κ2) is 7.09. The standard InChI is InChI=1S/C19H17Br2N3O3/c1-10-14(9-15-17(25)22(3)19(27)23(4)18(15)26)16(21)11(2)24(10)13-7-5-12(20)6-8-13/h5-9H,1-4H3. The predicted octanol–water partition coefficient (Wildman–Crippen LogP) is 4.05. The molecular weight excluding hydrogens is 478 g/mol. The lowest BCUT2D eigenvalue weighted by molar-refractivity contribution is -0.134. The second-order valence-corrected chi connectivity index (χ2v) is 7.99. The summed E-state index contributed by atoms with van der Waals surface area (Å²) in [6, 6.07) is 7.21. The minimum atomic E-state index is -0.637. The second-order valence-electron chi connectivity index (χ2n) is 6.28. The van der Waals surface area contributed by atoms with Crippen LogP contribution in [0.5, 0.6) is 0 Å².